The zero-order valence-corrected chi connectivity index (χ0v) is 13.0. The van der Waals surface area contributed by atoms with E-state index in [1.54, 1.807) is 23.9 Å². The molecular formula is C16H14ClN3S. The van der Waals surface area contributed by atoms with E-state index in [-0.39, 0.29) is 0 Å². The summed E-state index contributed by atoms with van der Waals surface area (Å²) < 4.78 is 0. The number of halogens is 1. The second-order valence-electron chi connectivity index (χ2n) is 4.61. The summed E-state index contributed by atoms with van der Waals surface area (Å²) in [6.45, 7) is 0. The molecule has 3 aromatic rings. The lowest BCUT2D eigenvalue weighted by molar-refractivity contribution is 1.31. The summed E-state index contributed by atoms with van der Waals surface area (Å²) in [6, 6.07) is 13.7. The van der Waals surface area contributed by atoms with Gasteiger partial charge < -0.3 is 10.7 Å². The van der Waals surface area contributed by atoms with Gasteiger partial charge in [0.1, 0.15) is 5.82 Å². The first kappa shape index (κ1) is 14.0. The van der Waals surface area contributed by atoms with Gasteiger partial charge in [0, 0.05) is 21.2 Å². The second-order valence-corrected chi connectivity index (χ2v) is 5.92. The number of thioether (sulfide) groups is 1. The molecule has 0 aliphatic rings. The predicted octanol–water partition coefficient (Wildman–Crippen LogP) is 4.70. The van der Waals surface area contributed by atoms with Gasteiger partial charge in [-0.2, -0.15) is 0 Å². The molecule has 0 aliphatic carbocycles. The highest BCUT2D eigenvalue weighted by atomic mass is 35.5. The Kier molecular flexibility index (Phi) is 3.90. The van der Waals surface area contributed by atoms with Crippen molar-refractivity contribution in [2.24, 2.45) is 0 Å². The molecule has 0 saturated carbocycles. The summed E-state index contributed by atoms with van der Waals surface area (Å²) in [4.78, 5) is 8.94. The Balaban J connectivity index is 1.97. The third-order valence-electron chi connectivity index (χ3n) is 3.25. The maximum atomic E-state index is 6.02. The fourth-order valence-electron chi connectivity index (χ4n) is 2.11. The van der Waals surface area contributed by atoms with Crippen LogP contribution in [-0.2, 0) is 0 Å². The van der Waals surface area contributed by atoms with Crippen molar-refractivity contribution >= 4 is 29.1 Å². The SMILES string of the molecule is CSc1ccc(-c2cnc(-c3cc(Cl)ccc3N)[nH]2)cc1. The minimum atomic E-state index is 0.640. The number of aromatic nitrogens is 2. The van der Waals surface area contributed by atoms with Crippen molar-refractivity contribution in [1.29, 1.82) is 0 Å². The van der Waals surface area contributed by atoms with Crippen LogP contribution < -0.4 is 5.73 Å². The maximum Gasteiger partial charge on any atom is 0.139 e. The topological polar surface area (TPSA) is 54.7 Å². The largest absolute Gasteiger partial charge is 0.398 e. The van der Waals surface area contributed by atoms with Gasteiger partial charge in [0.05, 0.1) is 11.9 Å². The fourth-order valence-corrected chi connectivity index (χ4v) is 2.69. The molecule has 0 radical (unpaired) electrons. The Bertz CT molecular complexity index is 765. The molecule has 5 heteroatoms. The lowest BCUT2D eigenvalue weighted by Gasteiger charge is -2.03. The van der Waals surface area contributed by atoms with E-state index < -0.39 is 0 Å². The Morgan fingerprint density at radius 3 is 2.62 bits per heavy atom. The van der Waals surface area contributed by atoms with Gasteiger partial charge in [0.25, 0.3) is 0 Å². The van der Waals surface area contributed by atoms with Crippen molar-refractivity contribution in [1.82, 2.24) is 9.97 Å². The highest BCUT2D eigenvalue weighted by Crippen LogP contribution is 2.29. The van der Waals surface area contributed by atoms with E-state index in [0.29, 0.717) is 10.7 Å². The lowest BCUT2D eigenvalue weighted by atomic mass is 10.1. The van der Waals surface area contributed by atoms with E-state index in [2.05, 4.69) is 40.5 Å². The van der Waals surface area contributed by atoms with Gasteiger partial charge in [-0.1, -0.05) is 23.7 Å². The third-order valence-corrected chi connectivity index (χ3v) is 4.23. The van der Waals surface area contributed by atoms with E-state index in [9.17, 15) is 0 Å². The number of imidazole rings is 1. The van der Waals surface area contributed by atoms with Crippen LogP contribution in [-0.4, -0.2) is 16.2 Å². The standard InChI is InChI=1S/C16H14ClN3S/c1-21-12-5-2-10(3-6-12)15-9-19-16(20-15)13-8-11(17)4-7-14(13)18/h2-9H,18H2,1H3,(H,19,20). The number of nitrogens with one attached hydrogen (secondary N) is 1. The normalized spacial score (nSPS) is 10.8. The Labute approximate surface area is 132 Å². The van der Waals surface area contributed by atoms with E-state index >= 15 is 0 Å². The van der Waals surface area contributed by atoms with Crippen LogP contribution in [0.25, 0.3) is 22.6 Å². The van der Waals surface area contributed by atoms with Crippen LogP contribution in [0.5, 0.6) is 0 Å². The van der Waals surface area contributed by atoms with Crippen molar-refractivity contribution in [3.8, 4) is 22.6 Å². The van der Waals surface area contributed by atoms with Gasteiger partial charge in [0.15, 0.2) is 0 Å². The molecule has 1 aromatic heterocycles. The van der Waals surface area contributed by atoms with Gasteiger partial charge in [-0.05, 0) is 42.2 Å². The summed E-state index contributed by atoms with van der Waals surface area (Å²) in [7, 11) is 0. The van der Waals surface area contributed by atoms with E-state index in [1.807, 2.05) is 12.3 Å². The van der Waals surface area contributed by atoms with Crippen LogP contribution in [0, 0.1) is 0 Å². The summed E-state index contributed by atoms with van der Waals surface area (Å²) >= 11 is 7.75. The summed E-state index contributed by atoms with van der Waals surface area (Å²) in [5.74, 6) is 0.721. The average Bonchev–Trinajstić information content (AvgIpc) is 2.99. The van der Waals surface area contributed by atoms with Gasteiger partial charge >= 0.3 is 0 Å². The Morgan fingerprint density at radius 1 is 1.14 bits per heavy atom. The van der Waals surface area contributed by atoms with Gasteiger partial charge in [0.2, 0.25) is 0 Å². The molecule has 0 unspecified atom stereocenters. The first-order valence-electron chi connectivity index (χ1n) is 6.42. The number of H-pyrrole nitrogens is 1. The zero-order chi connectivity index (χ0) is 14.8. The molecule has 0 saturated heterocycles. The molecule has 21 heavy (non-hydrogen) atoms. The second kappa shape index (κ2) is 5.84. The molecule has 0 aliphatic heterocycles. The van der Waals surface area contributed by atoms with Crippen LogP contribution in [0.2, 0.25) is 5.02 Å². The summed E-state index contributed by atoms with van der Waals surface area (Å²) in [5, 5.41) is 0.640. The van der Waals surface area contributed by atoms with Crippen LogP contribution in [0.15, 0.2) is 53.6 Å². The van der Waals surface area contributed by atoms with Crippen molar-refractivity contribution in [2.45, 2.75) is 4.90 Å². The number of nitrogens with zero attached hydrogens (tertiary/aromatic N) is 1. The molecule has 2 aromatic carbocycles. The van der Waals surface area contributed by atoms with E-state index in [1.165, 1.54) is 4.90 Å². The van der Waals surface area contributed by atoms with Gasteiger partial charge in [-0.15, -0.1) is 11.8 Å². The molecule has 0 atom stereocenters. The first-order valence-corrected chi connectivity index (χ1v) is 8.02. The molecule has 3 rings (SSSR count). The number of nitrogens with two attached hydrogens (primary N) is 1. The van der Waals surface area contributed by atoms with Crippen LogP contribution in [0.3, 0.4) is 0 Å². The number of anilines is 1. The molecule has 0 amide bonds. The number of hydrogen-bond acceptors (Lipinski definition) is 3. The molecule has 0 bridgehead atoms. The van der Waals surface area contributed by atoms with Crippen LogP contribution in [0.4, 0.5) is 5.69 Å². The summed E-state index contributed by atoms with van der Waals surface area (Å²) in [6.07, 6.45) is 3.87. The number of benzene rings is 2. The highest BCUT2D eigenvalue weighted by molar-refractivity contribution is 7.98. The molecule has 1 heterocycles. The fraction of sp³-hybridized carbons (Fsp3) is 0.0625. The quantitative estimate of drug-likeness (QED) is 0.544. The Morgan fingerprint density at radius 2 is 1.90 bits per heavy atom. The molecular weight excluding hydrogens is 302 g/mol. The third kappa shape index (κ3) is 2.91. The van der Waals surface area contributed by atoms with Gasteiger partial charge in [-0.25, -0.2) is 4.98 Å². The van der Waals surface area contributed by atoms with Crippen molar-refractivity contribution in [3.05, 3.63) is 53.7 Å². The van der Waals surface area contributed by atoms with Gasteiger partial charge in [-0.3, -0.25) is 0 Å². The minimum Gasteiger partial charge on any atom is -0.398 e. The number of rotatable bonds is 3. The zero-order valence-electron chi connectivity index (χ0n) is 11.4. The smallest absolute Gasteiger partial charge is 0.139 e. The number of nitrogen functional groups attached to an aromatic ring is 1. The molecule has 0 spiro atoms. The maximum absolute atomic E-state index is 6.02. The Hall–Kier alpha value is -1.91. The monoisotopic (exact) mass is 315 g/mol. The van der Waals surface area contributed by atoms with Crippen molar-refractivity contribution in [2.75, 3.05) is 12.0 Å². The van der Waals surface area contributed by atoms with E-state index in [4.69, 9.17) is 17.3 Å². The minimum absolute atomic E-state index is 0.640. The summed E-state index contributed by atoms with van der Waals surface area (Å²) in [5.41, 5.74) is 9.50. The highest BCUT2D eigenvalue weighted by Gasteiger charge is 2.09. The van der Waals surface area contributed by atoms with Crippen molar-refractivity contribution < 1.29 is 0 Å². The van der Waals surface area contributed by atoms with Crippen LogP contribution in [0.1, 0.15) is 0 Å². The molecule has 106 valence electrons. The molecule has 3 N–H and O–H groups in total. The predicted molar refractivity (Wildman–Crippen MR) is 90.7 cm³/mol. The molecule has 0 fully saturated rings. The van der Waals surface area contributed by atoms with E-state index in [0.717, 1.165) is 22.6 Å². The van der Waals surface area contributed by atoms with Crippen LogP contribution >= 0.6 is 23.4 Å². The first-order chi connectivity index (χ1) is 10.2. The number of aromatic amines is 1. The number of hydrogen-bond donors (Lipinski definition) is 2. The average molecular weight is 316 g/mol. The molecule has 3 nitrogen and oxygen atoms in total. The lowest BCUT2D eigenvalue weighted by Crippen LogP contribution is -1.91. The van der Waals surface area contributed by atoms with Crippen molar-refractivity contribution in [3.63, 3.8) is 0 Å².